The minimum absolute atomic E-state index is 0.0945. The van der Waals surface area contributed by atoms with E-state index in [4.69, 9.17) is 15.7 Å². The SMILES string of the molecule is CCCC(=O)N1CCCC1COc1cccc(N)c1C#N. The van der Waals surface area contributed by atoms with Crippen LogP contribution in [0, 0.1) is 11.3 Å². The maximum absolute atomic E-state index is 12.0. The van der Waals surface area contributed by atoms with Crippen molar-refractivity contribution in [3.8, 4) is 11.8 Å². The maximum atomic E-state index is 12.0. The van der Waals surface area contributed by atoms with Gasteiger partial charge in [0.1, 0.15) is 24.0 Å². The predicted molar refractivity (Wildman–Crippen MR) is 80.7 cm³/mol. The Morgan fingerprint density at radius 3 is 3.10 bits per heavy atom. The molecule has 1 amide bonds. The van der Waals surface area contributed by atoms with Gasteiger partial charge in [-0.3, -0.25) is 4.79 Å². The Morgan fingerprint density at radius 1 is 1.57 bits per heavy atom. The number of ether oxygens (including phenoxy) is 1. The molecule has 5 nitrogen and oxygen atoms in total. The van der Waals surface area contributed by atoms with Gasteiger partial charge in [0.05, 0.1) is 11.7 Å². The summed E-state index contributed by atoms with van der Waals surface area (Å²) in [6.07, 6.45) is 3.39. The van der Waals surface area contributed by atoms with Crippen molar-refractivity contribution >= 4 is 11.6 Å². The monoisotopic (exact) mass is 287 g/mol. The van der Waals surface area contributed by atoms with E-state index in [1.165, 1.54) is 0 Å². The van der Waals surface area contributed by atoms with Crippen molar-refractivity contribution in [2.24, 2.45) is 0 Å². The van der Waals surface area contributed by atoms with Gasteiger partial charge in [-0.2, -0.15) is 5.26 Å². The molecule has 1 aromatic rings. The Hall–Kier alpha value is -2.22. The van der Waals surface area contributed by atoms with Gasteiger partial charge in [0, 0.05) is 13.0 Å². The summed E-state index contributed by atoms with van der Waals surface area (Å²) in [5.74, 6) is 0.684. The fourth-order valence-electron chi connectivity index (χ4n) is 2.67. The molecule has 2 rings (SSSR count). The van der Waals surface area contributed by atoms with Crippen molar-refractivity contribution in [1.82, 2.24) is 4.90 Å². The first-order chi connectivity index (χ1) is 10.2. The lowest BCUT2D eigenvalue weighted by Gasteiger charge is -2.25. The van der Waals surface area contributed by atoms with Crippen molar-refractivity contribution in [2.75, 3.05) is 18.9 Å². The predicted octanol–water partition coefficient (Wildman–Crippen LogP) is 2.31. The summed E-state index contributed by atoms with van der Waals surface area (Å²) in [5.41, 5.74) is 6.54. The summed E-state index contributed by atoms with van der Waals surface area (Å²) in [7, 11) is 0. The Morgan fingerprint density at radius 2 is 2.38 bits per heavy atom. The van der Waals surface area contributed by atoms with Crippen molar-refractivity contribution < 1.29 is 9.53 Å². The maximum Gasteiger partial charge on any atom is 0.222 e. The quantitative estimate of drug-likeness (QED) is 0.843. The standard InChI is InChI=1S/C16H21N3O2/c1-2-5-16(20)19-9-4-6-12(19)11-21-15-8-3-7-14(18)13(15)10-17/h3,7-8,12H,2,4-6,9,11,18H2,1H3. The first kappa shape index (κ1) is 15.2. The van der Waals surface area contributed by atoms with Gasteiger partial charge in [-0.05, 0) is 31.4 Å². The number of nitrogens with zero attached hydrogens (tertiary/aromatic N) is 2. The molecule has 0 aromatic heterocycles. The van der Waals surface area contributed by atoms with Crippen LogP contribution in [0.15, 0.2) is 18.2 Å². The van der Waals surface area contributed by atoms with Crippen LogP contribution in [-0.4, -0.2) is 30.0 Å². The lowest BCUT2D eigenvalue weighted by atomic mass is 10.1. The molecule has 1 heterocycles. The summed E-state index contributed by atoms with van der Waals surface area (Å²) < 4.78 is 5.75. The third kappa shape index (κ3) is 3.46. The lowest BCUT2D eigenvalue weighted by molar-refractivity contribution is -0.132. The molecule has 0 saturated carbocycles. The summed E-state index contributed by atoms with van der Waals surface area (Å²) in [6.45, 7) is 3.22. The number of hydrogen-bond donors (Lipinski definition) is 1. The molecule has 1 unspecified atom stereocenters. The average Bonchev–Trinajstić information content (AvgIpc) is 2.94. The highest BCUT2D eigenvalue weighted by Gasteiger charge is 2.28. The van der Waals surface area contributed by atoms with Crippen molar-refractivity contribution in [1.29, 1.82) is 5.26 Å². The van der Waals surface area contributed by atoms with Gasteiger partial charge in [-0.15, -0.1) is 0 Å². The van der Waals surface area contributed by atoms with E-state index in [0.29, 0.717) is 30.0 Å². The first-order valence-corrected chi connectivity index (χ1v) is 7.38. The molecule has 1 aliphatic rings. The molecule has 112 valence electrons. The number of nitrogen functional groups attached to an aromatic ring is 1. The number of anilines is 1. The van der Waals surface area contributed by atoms with Crippen LogP contribution in [0.4, 0.5) is 5.69 Å². The molecule has 1 aliphatic heterocycles. The fraction of sp³-hybridized carbons (Fsp3) is 0.500. The minimum atomic E-state index is 0.0945. The molecule has 1 aromatic carbocycles. The highest BCUT2D eigenvalue weighted by molar-refractivity contribution is 5.76. The van der Waals surface area contributed by atoms with Crippen LogP contribution in [0.25, 0.3) is 0 Å². The van der Waals surface area contributed by atoms with Gasteiger partial charge >= 0.3 is 0 Å². The van der Waals surface area contributed by atoms with Gasteiger partial charge in [-0.1, -0.05) is 13.0 Å². The van der Waals surface area contributed by atoms with Crippen LogP contribution in [0.3, 0.4) is 0 Å². The smallest absolute Gasteiger partial charge is 0.222 e. The molecule has 0 bridgehead atoms. The zero-order valence-corrected chi connectivity index (χ0v) is 12.3. The van der Waals surface area contributed by atoms with E-state index in [2.05, 4.69) is 6.07 Å². The number of benzene rings is 1. The molecule has 5 heteroatoms. The zero-order chi connectivity index (χ0) is 15.2. The van der Waals surface area contributed by atoms with E-state index in [1.54, 1.807) is 18.2 Å². The molecule has 0 spiro atoms. The first-order valence-electron chi connectivity index (χ1n) is 7.38. The number of nitrogens with two attached hydrogens (primary N) is 1. The van der Waals surface area contributed by atoms with Crippen LogP contribution >= 0.6 is 0 Å². The second-order valence-corrected chi connectivity index (χ2v) is 5.28. The Kier molecular flexibility index (Phi) is 5.04. The van der Waals surface area contributed by atoms with Gasteiger partial charge in [0.2, 0.25) is 5.91 Å². The van der Waals surface area contributed by atoms with Crippen LogP contribution in [-0.2, 0) is 4.79 Å². The van der Waals surface area contributed by atoms with Gasteiger partial charge in [0.15, 0.2) is 0 Å². The van der Waals surface area contributed by atoms with E-state index < -0.39 is 0 Å². The van der Waals surface area contributed by atoms with Crippen LogP contribution in [0.1, 0.15) is 38.2 Å². The third-order valence-electron chi connectivity index (χ3n) is 3.76. The molecular weight excluding hydrogens is 266 g/mol. The molecule has 1 fully saturated rings. The second kappa shape index (κ2) is 6.98. The second-order valence-electron chi connectivity index (χ2n) is 5.28. The highest BCUT2D eigenvalue weighted by atomic mass is 16.5. The summed E-state index contributed by atoms with van der Waals surface area (Å²) in [6, 6.07) is 7.34. The number of carbonyl (C=O) groups excluding carboxylic acids is 1. The third-order valence-corrected chi connectivity index (χ3v) is 3.76. The van der Waals surface area contributed by atoms with Crippen molar-refractivity contribution in [3.63, 3.8) is 0 Å². The number of likely N-dealkylation sites (tertiary alicyclic amines) is 1. The molecular formula is C16H21N3O2. The minimum Gasteiger partial charge on any atom is -0.490 e. The van der Waals surface area contributed by atoms with Gasteiger partial charge in [-0.25, -0.2) is 0 Å². The van der Waals surface area contributed by atoms with E-state index >= 15 is 0 Å². The topological polar surface area (TPSA) is 79.3 Å². The number of hydrogen-bond acceptors (Lipinski definition) is 4. The Bertz CT molecular complexity index is 551. The lowest BCUT2D eigenvalue weighted by Crippen LogP contribution is -2.38. The molecule has 1 saturated heterocycles. The number of carbonyl (C=O) groups is 1. The van der Waals surface area contributed by atoms with Crippen LogP contribution in [0.5, 0.6) is 5.75 Å². The van der Waals surface area contributed by atoms with Crippen LogP contribution < -0.4 is 10.5 Å². The number of rotatable bonds is 5. The number of nitriles is 1. The number of amides is 1. The average molecular weight is 287 g/mol. The van der Waals surface area contributed by atoms with Crippen molar-refractivity contribution in [3.05, 3.63) is 23.8 Å². The molecule has 1 atom stereocenters. The molecule has 0 aliphatic carbocycles. The van der Waals surface area contributed by atoms with Gasteiger partial charge < -0.3 is 15.4 Å². The zero-order valence-electron chi connectivity index (χ0n) is 12.3. The Labute approximate surface area is 125 Å². The van der Waals surface area contributed by atoms with E-state index in [0.717, 1.165) is 25.8 Å². The van der Waals surface area contributed by atoms with Crippen LogP contribution in [0.2, 0.25) is 0 Å². The summed E-state index contributed by atoms with van der Waals surface area (Å²) in [5, 5.41) is 9.13. The largest absolute Gasteiger partial charge is 0.490 e. The fourth-order valence-corrected chi connectivity index (χ4v) is 2.67. The molecule has 0 radical (unpaired) electrons. The molecule has 21 heavy (non-hydrogen) atoms. The van der Waals surface area contributed by atoms with Crippen molar-refractivity contribution in [2.45, 2.75) is 38.6 Å². The Balaban J connectivity index is 2.01. The molecule has 2 N–H and O–H groups in total. The van der Waals surface area contributed by atoms with E-state index in [1.807, 2.05) is 11.8 Å². The van der Waals surface area contributed by atoms with E-state index in [9.17, 15) is 4.79 Å². The van der Waals surface area contributed by atoms with E-state index in [-0.39, 0.29) is 11.9 Å². The normalized spacial score (nSPS) is 17.5. The summed E-state index contributed by atoms with van der Waals surface area (Å²) >= 11 is 0. The van der Waals surface area contributed by atoms with Gasteiger partial charge in [0.25, 0.3) is 0 Å². The highest BCUT2D eigenvalue weighted by Crippen LogP contribution is 2.25. The summed E-state index contributed by atoms with van der Waals surface area (Å²) in [4.78, 5) is 13.9.